The van der Waals surface area contributed by atoms with Crippen LogP contribution in [0, 0.1) is 5.82 Å². The summed E-state index contributed by atoms with van der Waals surface area (Å²) in [5.41, 5.74) is 1.88. The van der Waals surface area contributed by atoms with Gasteiger partial charge in [0.05, 0.1) is 12.6 Å². The zero-order valence-electron chi connectivity index (χ0n) is 13.0. The van der Waals surface area contributed by atoms with Crippen LogP contribution in [0.25, 0.3) is 0 Å². The minimum atomic E-state index is -0.843. The summed E-state index contributed by atoms with van der Waals surface area (Å²) >= 11 is 0. The molecule has 23 heavy (non-hydrogen) atoms. The highest BCUT2D eigenvalue weighted by molar-refractivity contribution is 5.92. The molecule has 3 rings (SSSR count). The van der Waals surface area contributed by atoms with Crippen LogP contribution in [0.4, 0.5) is 4.39 Å². The number of hydrogen-bond donors (Lipinski definition) is 2. The van der Waals surface area contributed by atoms with Crippen molar-refractivity contribution in [3.8, 4) is 0 Å². The van der Waals surface area contributed by atoms with Crippen molar-refractivity contribution in [3.05, 3.63) is 53.1 Å². The van der Waals surface area contributed by atoms with E-state index in [9.17, 15) is 14.3 Å². The fourth-order valence-electron chi connectivity index (χ4n) is 2.56. The van der Waals surface area contributed by atoms with Crippen molar-refractivity contribution < 1.29 is 14.3 Å². The van der Waals surface area contributed by atoms with Crippen LogP contribution in [-0.2, 0) is 6.42 Å². The van der Waals surface area contributed by atoms with Crippen LogP contribution in [0.3, 0.4) is 0 Å². The van der Waals surface area contributed by atoms with Crippen molar-refractivity contribution >= 4 is 5.91 Å². The molecule has 1 unspecified atom stereocenters. The van der Waals surface area contributed by atoms with Crippen LogP contribution in [0.5, 0.6) is 0 Å². The number of halogens is 1. The van der Waals surface area contributed by atoms with Crippen LogP contribution in [0.15, 0.2) is 30.3 Å². The predicted octanol–water partition coefficient (Wildman–Crippen LogP) is 2.45. The van der Waals surface area contributed by atoms with Gasteiger partial charge in [0, 0.05) is 11.7 Å². The van der Waals surface area contributed by atoms with Gasteiger partial charge in [0.1, 0.15) is 11.5 Å². The molecule has 122 valence electrons. The van der Waals surface area contributed by atoms with E-state index in [1.807, 2.05) is 6.92 Å². The van der Waals surface area contributed by atoms with E-state index in [1.165, 1.54) is 12.1 Å². The summed E-state index contributed by atoms with van der Waals surface area (Å²) in [6, 6.07) is 7.60. The highest BCUT2D eigenvalue weighted by Crippen LogP contribution is 2.30. The summed E-state index contributed by atoms with van der Waals surface area (Å²) in [4.78, 5) is 14.3. The Morgan fingerprint density at radius 3 is 2.70 bits per heavy atom. The first kappa shape index (κ1) is 15.7. The molecule has 0 saturated heterocycles. The van der Waals surface area contributed by atoms with Gasteiger partial charge in [-0.2, -0.15) is 5.10 Å². The van der Waals surface area contributed by atoms with E-state index in [1.54, 1.807) is 23.1 Å². The Kier molecular flexibility index (Phi) is 4.43. The Labute approximate surface area is 134 Å². The summed E-state index contributed by atoms with van der Waals surface area (Å²) in [7, 11) is 0. The molecular weight excluding hydrogens is 297 g/mol. The van der Waals surface area contributed by atoms with Gasteiger partial charge in [0.15, 0.2) is 0 Å². The van der Waals surface area contributed by atoms with E-state index in [0.29, 0.717) is 11.3 Å². The number of H-pyrrole nitrogens is 1. The van der Waals surface area contributed by atoms with Gasteiger partial charge in [0.2, 0.25) is 0 Å². The SMILES string of the molecule is CCc1cc(C(=O)N(CC(O)c2ccc(F)cc2)C2CC2)n[nH]1. The first-order chi connectivity index (χ1) is 11.1. The van der Waals surface area contributed by atoms with Gasteiger partial charge < -0.3 is 10.0 Å². The lowest BCUT2D eigenvalue weighted by atomic mass is 10.1. The van der Waals surface area contributed by atoms with Crippen LogP contribution in [-0.4, -0.2) is 38.7 Å². The second kappa shape index (κ2) is 6.50. The molecule has 0 bridgehead atoms. The number of carbonyl (C=O) groups excluding carboxylic acids is 1. The molecule has 1 fully saturated rings. The summed E-state index contributed by atoms with van der Waals surface area (Å²) < 4.78 is 13.0. The standard InChI is InChI=1S/C17H20FN3O2/c1-2-13-9-15(20-19-13)17(23)21(14-7-8-14)10-16(22)11-3-5-12(18)6-4-11/h3-6,9,14,16,22H,2,7-8,10H2,1H3,(H,19,20). The molecule has 0 radical (unpaired) electrons. The highest BCUT2D eigenvalue weighted by atomic mass is 19.1. The third-order valence-electron chi connectivity index (χ3n) is 4.10. The zero-order chi connectivity index (χ0) is 16.4. The highest BCUT2D eigenvalue weighted by Gasteiger charge is 2.35. The molecule has 1 atom stereocenters. The maximum atomic E-state index is 13.0. The van der Waals surface area contributed by atoms with Crippen LogP contribution >= 0.6 is 0 Å². The monoisotopic (exact) mass is 317 g/mol. The molecule has 1 saturated carbocycles. The molecule has 5 nitrogen and oxygen atoms in total. The Balaban J connectivity index is 1.73. The molecule has 1 aromatic heterocycles. The molecule has 1 aliphatic rings. The van der Waals surface area contributed by atoms with E-state index in [-0.39, 0.29) is 24.3 Å². The van der Waals surface area contributed by atoms with Crippen molar-refractivity contribution in [2.45, 2.75) is 38.3 Å². The minimum absolute atomic E-state index is 0.152. The molecule has 6 heteroatoms. The van der Waals surface area contributed by atoms with Crippen molar-refractivity contribution in [2.24, 2.45) is 0 Å². The number of nitrogens with zero attached hydrogens (tertiary/aromatic N) is 2. The zero-order valence-corrected chi connectivity index (χ0v) is 13.0. The Morgan fingerprint density at radius 2 is 2.13 bits per heavy atom. The normalized spacial score (nSPS) is 15.4. The van der Waals surface area contributed by atoms with Crippen LogP contribution in [0.2, 0.25) is 0 Å². The first-order valence-electron chi connectivity index (χ1n) is 7.87. The van der Waals surface area contributed by atoms with Gasteiger partial charge in [-0.1, -0.05) is 19.1 Å². The first-order valence-corrected chi connectivity index (χ1v) is 7.87. The lowest BCUT2D eigenvalue weighted by molar-refractivity contribution is 0.0597. The maximum Gasteiger partial charge on any atom is 0.274 e. The van der Waals surface area contributed by atoms with E-state index in [2.05, 4.69) is 10.2 Å². The Morgan fingerprint density at radius 1 is 1.43 bits per heavy atom. The van der Waals surface area contributed by atoms with Gasteiger partial charge in [-0.05, 0) is 43.0 Å². The van der Waals surface area contributed by atoms with Gasteiger partial charge in [-0.15, -0.1) is 0 Å². The third kappa shape index (κ3) is 3.59. The van der Waals surface area contributed by atoms with Gasteiger partial charge >= 0.3 is 0 Å². The number of nitrogens with one attached hydrogen (secondary N) is 1. The fourth-order valence-corrected chi connectivity index (χ4v) is 2.56. The largest absolute Gasteiger partial charge is 0.387 e. The predicted molar refractivity (Wildman–Crippen MR) is 83.4 cm³/mol. The molecule has 1 amide bonds. The quantitative estimate of drug-likeness (QED) is 0.860. The topological polar surface area (TPSA) is 69.2 Å². The molecular formula is C17H20FN3O2. The fraction of sp³-hybridized carbons (Fsp3) is 0.412. The number of rotatable bonds is 6. The minimum Gasteiger partial charge on any atom is -0.387 e. The van der Waals surface area contributed by atoms with Gasteiger partial charge in [-0.3, -0.25) is 9.89 Å². The molecule has 1 heterocycles. The molecule has 1 aliphatic carbocycles. The number of aliphatic hydroxyl groups is 1. The number of hydrogen-bond acceptors (Lipinski definition) is 3. The van der Waals surface area contributed by atoms with Crippen molar-refractivity contribution in [1.82, 2.24) is 15.1 Å². The third-order valence-corrected chi connectivity index (χ3v) is 4.10. The Hall–Kier alpha value is -2.21. The van der Waals surface area contributed by atoms with Gasteiger partial charge in [0.25, 0.3) is 5.91 Å². The van der Waals surface area contributed by atoms with Crippen LogP contribution < -0.4 is 0 Å². The number of aromatic nitrogens is 2. The summed E-state index contributed by atoms with van der Waals surface area (Å²) in [5.74, 6) is -0.524. The van der Waals surface area contributed by atoms with Gasteiger partial charge in [-0.25, -0.2) is 4.39 Å². The summed E-state index contributed by atoms with van der Waals surface area (Å²) in [5, 5.41) is 17.3. The molecule has 2 aromatic rings. The molecule has 0 aliphatic heterocycles. The van der Waals surface area contributed by atoms with E-state index in [0.717, 1.165) is 25.0 Å². The lowest BCUT2D eigenvalue weighted by Crippen LogP contribution is -2.36. The van der Waals surface area contributed by atoms with Crippen molar-refractivity contribution in [2.75, 3.05) is 6.54 Å². The number of aliphatic hydroxyl groups excluding tert-OH is 1. The molecule has 1 aromatic carbocycles. The second-order valence-electron chi connectivity index (χ2n) is 5.89. The number of amides is 1. The van der Waals surface area contributed by atoms with Crippen molar-refractivity contribution in [1.29, 1.82) is 0 Å². The van der Waals surface area contributed by atoms with E-state index in [4.69, 9.17) is 0 Å². The second-order valence-corrected chi connectivity index (χ2v) is 5.89. The number of benzene rings is 1. The number of aromatic amines is 1. The summed E-state index contributed by atoms with van der Waals surface area (Å²) in [6.45, 7) is 2.17. The maximum absolute atomic E-state index is 13.0. The van der Waals surface area contributed by atoms with Crippen LogP contribution in [0.1, 0.15) is 47.6 Å². The van der Waals surface area contributed by atoms with E-state index < -0.39 is 6.10 Å². The Bertz CT molecular complexity index is 679. The number of aryl methyl sites for hydroxylation is 1. The smallest absolute Gasteiger partial charge is 0.274 e. The molecule has 0 spiro atoms. The molecule has 2 N–H and O–H groups in total. The average molecular weight is 317 g/mol. The average Bonchev–Trinajstić information content (AvgIpc) is 3.28. The van der Waals surface area contributed by atoms with E-state index >= 15 is 0 Å². The number of carbonyl (C=O) groups is 1. The van der Waals surface area contributed by atoms with Crippen molar-refractivity contribution in [3.63, 3.8) is 0 Å². The summed E-state index contributed by atoms with van der Waals surface area (Å²) in [6.07, 6.45) is 1.81. The lowest BCUT2D eigenvalue weighted by Gasteiger charge is -2.24.